The zero-order valence-electron chi connectivity index (χ0n) is 15.4. The first kappa shape index (κ1) is 17.7. The van der Waals surface area contributed by atoms with E-state index in [4.69, 9.17) is 4.74 Å². The maximum absolute atomic E-state index is 12.1. The summed E-state index contributed by atoms with van der Waals surface area (Å²) in [6.45, 7) is 7.09. The smallest absolute Gasteiger partial charge is 0.354 e. The van der Waals surface area contributed by atoms with Crippen molar-refractivity contribution in [3.05, 3.63) is 46.8 Å². The van der Waals surface area contributed by atoms with Gasteiger partial charge in [-0.2, -0.15) is 5.10 Å². The highest BCUT2D eigenvalue weighted by Crippen LogP contribution is 2.38. The zero-order valence-corrected chi connectivity index (χ0v) is 15.4. The van der Waals surface area contributed by atoms with Gasteiger partial charge in [-0.3, -0.25) is 0 Å². The topological polar surface area (TPSA) is 64.4 Å². The van der Waals surface area contributed by atoms with Gasteiger partial charge in [-0.15, -0.1) is 0 Å². The summed E-state index contributed by atoms with van der Waals surface area (Å²) in [4.78, 5) is 12.1. The fourth-order valence-electron chi connectivity index (χ4n) is 3.70. The molecule has 1 aromatic carbocycles. The van der Waals surface area contributed by atoms with Crippen molar-refractivity contribution < 1.29 is 14.6 Å². The van der Waals surface area contributed by atoms with Crippen LogP contribution >= 0.6 is 0 Å². The number of aromatic carboxylic acids is 1. The maximum atomic E-state index is 12.1. The number of hydrogen-bond donors (Lipinski definition) is 1. The van der Waals surface area contributed by atoms with Crippen LogP contribution in [-0.2, 0) is 24.2 Å². The van der Waals surface area contributed by atoms with E-state index in [9.17, 15) is 9.90 Å². The molecule has 134 valence electrons. The van der Waals surface area contributed by atoms with E-state index in [2.05, 4.69) is 25.9 Å². The molecular weight excluding hydrogens is 316 g/mol. The van der Waals surface area contributed by atoms with Crippen LogP contribution in [0.4, 0.5) is 0 Å². The number of benzene rings is 1. The summed E-state index contributed by atoms with van der Waals surface area (Å²) in [5.41, 5.74) is 3.98. The van der Waals surface area contributed by atoms with Crippen LogP contribution in [-0.4, -0.2) is 28.0 Å². The van der Waals surface area contributed by atoms with Gasteiger partial charge >= 0.3 is 5.97 Å². The summed E-state index contributed by atoms with van der Waals surface area (Å²) in [5.74, 6) is -0.458. The number of fused-ring (bicyclic) bond motifs is 1. The highest BCUT2D eigenvalue weighted by molar-refractivity contribution is 5.88. The first-order chi connectivity index (χ1) is 11.8. The molecule has 1 unspecified atom stereocenters. The molecule has 1 N–H and O–H groups in total. The zero-order chi connectivity index (χ0) is 18.2. The molecule has 0 saturated carbocycles. The Hall–Kier alpha value is -2.14. The lowest BCUT2D eigenvalue weighted by Crippen LogP contribution is -2.27. The maximum Gasteiger partial charge on any atom is 0.354 e. The standard InChI is InChI=1S/C20H26N2O3/c1-20(2,3)14-9-10-16-15(11-14)18(19(23)24)22(21-16)17-8-6-5-7-13(17)12-25-4/h5-8,14H,9-12H2,1-4H3,(H,23,24). The minimum Gasteiger partial charge on any atom is -0.476 e. The highest BCUT2D eigenvalue weighted by atomic mass is 16.5. The average molecular weight is 342 g/mol. The summed E-state index contributed by atoms with van der Waals surface area (Å²) in [5, 5.41) is 14.6. The van der Waals surface area contributed by atoms with Gasteiger partial charge < -0.3 is 9.84 Å². The van der Waals surface area contributed by atoms with E-state index in [1.54, 1.807) is 11.8 Å². The number of carboxylic acids is 1. The molecule has 3 rings (SSSR count). The van der Waals surface area contributed by atoms with Gasteiger partial charge in [0.1, 0.15) is 0 Å². The monoisotopic (exact) mass is 342 g/mol. The number of nitrogens with zero attached hydrogens (tertiary/aromatic N) is 2. The number of ether oxygens (including phenoxy) is 1. The van der Waals surface area contributed by atoms with Gasteiger partial charge in [0.05, 0.1) is 18.0 Å². The first-order valence-corrected chi connectivity index (χ1v) is 8.74. The SMILES string of the molecule is COCc1ccccc1-n1nc2c(c1C(=O)O)CC(C(C)(C)C)CC2. The number of hydrogen-bond acceptors (Lipinski definition) is 3. The number of carboxylic acid groups (broad SMARTS) is 1. The minimum atomic E-state index is -0.921. The Balaban J connectivity index is 2.12. The molecule has 2 aromatic rings. The number of rotatable bonds is 4. The van der Waals surface area contributed by atoms with Crippen LogP contribution in [0.15, 0.2) is 24.3 Å². The predicted molar refractivity (Wildman–Crippen MR) is 96.2 cm³/mol. The third kappa shape index (κ3) is 3.33. The average Bonchev–Trinajstić information content (AvgIpc) is 2.93. The van der Waals surface area contributed by atoms with E-state index in [0.717, 1.165) is 41.8 Å². The lowest BCUT2D eigenvalue weighted by Gasteiger charge is -2.33. The molecule has 1 aliphatic carbocycles. The first-order valence-electron chi connectivity index (χ1n) is 8.74. The summed E-state index contributed by atoms with van der Waals surface area (Å²) in [7, 11) is 1.64. The van der Waals surface area contributed by atoms with Gasteiger partial charge in [0.15, 0.2) is 5.69 Å². The molecule has 0 fully saturated rings. The van der Waals surface area contributed by atoms with Crippen LogP contribution in [0.5, 0.6) is 0 Å². The second-order valence-corrected chi connectivity index (χ2v) is 7.86. The van der Waals surface area contributed by atoms with Crippen molar-refractivity contribution in [1.29, 1.82) is 0 Å². The van der Waals surface area contributed by atoms with Crippen LogP contribution in [0.25, 0.3) is 5.69 Å². The Morgan fingerprint density at radius 3 is 2.72 bits per heavy atom. The molecule has 5 nitrogen and oxygen atoms in total. The Labute approximate surface area is 148 Å². The number of methoxy groups -OCH3 is 1. The highest BCUT2D eigenvalue weighted by Gasteiger charge is 2.34. The molecule has 1 heterocycles. The number of carbonyl (C=O) groups is 1. The molecule has 0 aliphatic heterocycles. The van der Waals surface area contributed by atoms with Gasteiger partial charge in [0.2, 0.25) is 0 Å². The Kier molecular flexibility index (Phi) is 4.69. The molecule has 0 spiro atoms. The summed E-state index contributed by atoms with van der Waals surface area (Å²) in [6, 6.07) is 7.68. The van der Waals surface area contributed by atoms with Crippen LogP contribution in [0.1, 0.15) is 54.5 Å². The number of aromatic nitrogens is 2. The summed E-state index contributed by atoms with van der Waals surface area (Å²) >= 11 is 0. The van der Waals surface area contributed by atoms with Gasteiger partial charge in [0, 0.05) is 18.2 Å². The lowest BCUT2D eigenvalue weighted by molar-refractivity contribution is 0.0684. The third-order valence-corrected chi connectivity index (χ3v) is 5.19. The Morgan fingerprint density at radius 2 is 2.08 bits per heavy atom. The van der Waals surface area contributed by atoms with Gasteiger partial charge in [-0.25, -0.2) is 9.48 Å². The van der Waals surface area contributed by atoms with Crippen molar-refractivity contribution in [1.82, 2.24) is 9.78 Å². The second kappa shape index (κ2) is 6.64. The van der Waals surface area contributed by atoms with E-state index in [-0.39, 0.29) is 5.41 Å². The van der Waals surface area contributed by atoms with E-state index in [0.29, 0.717) is 18.2 Å². The largest absolute Gasteiger partial charge is 0.476 e. The second-order valence-electron chi connectivity index (χ2n) is 7.86. The fraction of sp³-hybridized carbons (Fsp3) is 0.500. The van der Waals surface area contributed by atoms with E-state index < -0.39 is 5.97 Å². The normalized spacial score (nSPS) is 17.4. The van der Waals surface area contributed by atoms with Gasteiger partial charge in [0.25, 0.3) is 0 Å². The molecule has 25 heavy (non-hydrogen) atoms. The molecular formula is C20H26N2O3. The predicted octanol–water partition coefficient (Wildman–Crippen LogP) is 3.87. The van der Waals surface area contributed by atoms with E-state index in [1.807, 2.05) is 24.3 Å². The summed E-state index contributed by atoms with van der Waals surface area (Å²) in [6.07, 6.45) is 2.65. The van der Waals surface area contributed by atoms with E-state index in [1.165, 1.54) is 0 Å². The van der Waals surface area contributed by atoms with Gasteiger partial charge in [-0.1, -0.05) is 39.0 Å². The third-order valence-electron chi connectivity index (χ3n) is 5.19. The van der Waals surface area contributed by atoms with Crippen LogP contribution in [0.2, 0.25) is 0 Å². The van der Waals surface area contributed by atoms with Crippen molar-refractivity contribution in [2.45, 2.75) is 46.6 Å². The van der Waals surface area contributed by atoms with Crippen LogP contribution in [0, 0.1) is 11.3 Å². The van der Waals surface area contributed by atoms with Crippen molar-refractivity contribution in [3.63, 3.8) is 0 Å². The molecule has 5 heteroatoms. The molecule has 0 bridgehead atoms. The molecule has 1 atom stereocenters. The number of aryl methyl sites for hydroxylation is 1. The molecule has 0 saturated heterocycles. The van der Waals surface area contributed by atoms with Crippen LogP contribution < -0.4 is 0 Å². The lowest BCUT2D eigenvalue weighted by atomic mass is 9.71. The Morgan fingerprint density at radius 1 is 1.36 bits per heavy atom. The molecule has 1 aromatic heterocycles. The van der Waals surface area contributed by atoms with Crippen molar-refractivity contribution in [2.75, 3.05) is 7.11 Å². The molecule has 1 aliphatic rings. The Bertz CT molecular complexity index is 787. The quantitative estimate of drug-likeness (QED) is 0.916. The van der Waals surface area contributed by atoms with Crippen molar-refractivity contribution in [3.8, 4) is 5.69 Å². The minimum absolute atomic E-state index is 0.156. The fourth-order valence-corrected chi connectivity index (χ4v) is 3.70. The molecule has 0 radical (unpaired) electrons. The van der Waals surface area contributed by atoms with Gasteiger partial charge in [-0.05, 0) is 36.7 Å². The van der Waals surface area contributed by atoms with Crippen molar-refractivity contribution >= 4 is 5.97 Å². The number of para-hydroxylation sites is 1. The van der Waals surface area contributed by atoms with Crippen molar-refractivity contribution in [2.24, 2.45) is 11.3 Å². The van der Waals surface area contributed by atoms with E-state index >= 15 is 0 Å². The van der Waals surface area contributed by atoms with Crippen LogP contribution in [0.3, 0.4) is 0 Å². The summed E-state index contributed by atoms with van der Waals surface area (Å²) < 4.78 is 6.87. The molecule has 0 amide bonds.